The van der Waals surface area contributed by atoms with E-state index in [0.717, 1.165) is 18.7 Å². The number of benzene rings is 1. The molecule has 1 unspecified atom stereocenters. The van der Waals surface area contributed by atoms with Crippen LogP contribution in [-0.4, -0.2) is 11.5 Å². The summed E-state index contributed by atoms with van der Waals surface area (Å²) in [6.45, 7) is 5.12. The Hall–Kier alpha value is -0.940. The highest BCUT2D eigenvalue weighted by atomic mass is 127. The first kappa shape index (κ1) is 14.5. The summed E-state index contributed by atoms with van der Waals surface area (Å²) in [5, 5.41) is 3.54. The van der Waals surface area contributed by atoms with Crippen molar-refractivity contribution in [3.63, 3.8) is 0 Å². The van der Waals surface area contributed by atoms with Crippen LogP contribution in [0.1, 0.15) is 29.8 Å². The van der Waals surface area contributed by atoms with Gasteiger partial charge in [-0.1, -0.05) is 25.1 Å². The number of rotatable bonds is 5. The third-order valence-electron chi connectivity index (χ3n) is 3.14. The molecular weight excluding hydrogens is 347 g/mol. The molecule has 1 N–H and O–H groups in total. The number of pyridine rings is 1. The maximum absolute atomic E-state index is 4.40. The summed E-state index contributed by atoms with van der Waals surface area (Å²) >= 11 is 2.34. The molecule has 2 nitrogen and oxygen atoms in total. The van der Waals surface area contributed by atoms with E-state index in [1.165, 1.54) is 14.7 Å². The van der Waals surface area contributed by atoms with Crippen LogP contribution in [0, 0.1) is 10.5 Å². The molecule has 0 radical (unpaired) electrons. The fourth-order valence-corrected chi connectivity index (χ4v) is 2.46. The lowest BCUT2D eigenvalue weighted by molar-refractivity contribution is 0.548. The predicted octanol–water partition coefficient (Wildman–Crippen LogP) is 3.89. The van der Waals surface area contributed by atoms with E-state index in [1.807, 2.05) is 13.1 Å². The molecule has 0 amide bonds. The van der Waals surface area contributed by atoms with Crippen LogP contribution in [0.25, 0.3) is 0 Å². The molecule has 1 heterocycles. The summed E-state index contributed by atoms with van der Waals surface area (Å²) in [7, 11) is 0. The second kappa shape index (κ2) is 7.01. The number of aromatic nitrogens is 1. The number of aryl methyl sites for hydroxylation is 1. The predicted molar refractivity (Wildman–Crippen MR) is 88.3 cm³/mol. The van der Waals surface area contributed by atoms with E-state index >= 15 is 0 Å². The standard InChI is InChI=1S/C16H19IN2/c1-3-18-16(14-7-4-12(2)19-11-14)10-13-5-8-15(17)9-6-13/h4-9,11,16,18H,3,10H2,1-2H3. The van der Waals surface area contributed by atoms with Gasteiger partial charge in [0.25, 0.3) is 0 Å². The fraction of sp³-hybridized carbons (Fsp3) is 0.312. The molecule has 2 aromatic rings. The van der Waals surface area contributed by atoms with Crippen molar-refractivity contribution < 1.29 is 0 Å². The SMILES string of the molecule is CCNC(Cc1ccc(I)cc1)c1ccc(C)nc1. The largest absolute Gasteiger partial charge is 0.310 e. The van der Waals surface area contributed by atoms with E-state index in [0.29, 0.717) is 6.04 Å². The lowest BCUT2D eigenvalue weighted by Crippen LogP contribution is -2.23. The summed E-state index contributed by atoms with van der Waals surface area (Å²) in [6, 6.07) is 13.3. The number of halogens is 1. The van der Waals surface area contributed by atoms with E-state index in [9.17, 15) is 0 Å². The minimum Gasteiger partial charge on any atom is -0.310 e. The average Bonchev–Trinajstić information content (AvgIpc) is 2.42. The summed E-state index contributed by atoms with van der Waals surface area (Å²) in [5.41, 5.74) is 3.67. The van der Waals surface area contributed by atoms with Gasteiger partial charge in [-0.15, -0.1) is 0 Å². The van der Waals surface area contributed by atoms with Crippen molar-refractivity contribution in [3.8, 4) is 0 Å². The highest BCUT2D eigenvalue weighted by molar-refractivity contribution is 14.1. The van der Waals surface area contributed by atoms with Crippen molar-refractivity contribution >= 4 is 22.6 Å². The van der Waals surface area contributed by atoms with Crippen molar-refractivity contribution in [1.82, 2.24) is 10.3 Å². The average molecular weight is 366 g/mol. The summed E-state index contributed by atoms with van der Waals surface area (Å²) in [5.74, 6) is 0. The van der Waals surface area contributed by atoms with Gasteiger partial charge in [-0.05, 0) is 71.8 Å². The molecule has 0 saturated heterocycles. The highest BCUT2D eigenvalue weighted by Gasteiger charge is 2.11. The van der Waals surface area contributed by atoms with Gasteiger partial charge in [-0.25, -0.2) is 0 Å². The van der Waals surface area contributed by atoms with Crippen LogP contribution in [0.5, 0.6) is 0 Å². The number of likely N-dealkylation sites (N-methyl/N-ethyl adjacent to an activating group) is 1. The van der Waals surface area contributed by atoms with Gasteiger partial charge in [-0.3, -0.25) is 4.98 Å². The molecule has 0 bridgehead atoms. The van der Waals surface area contributed by atoms with Crippen LogP contribution >= 0.6 is 22.6 Å². The Bertz CT molecular complexity index is 505. The molecule has 3 heteroatoms. The van der Waals surface area contributed by atoms with Crippen molar-refractivity contribution in [2.75, 3.05) is 6.54 Å². The first-order valence-corrected chi connectivity index (χ1v) is 7.67. The summed E-state index contributed by atoms with van der Waals surface area (Å²) < 4.78 is 1.28. The third kappa shape index (κ3) is 4.28. The molecule has 1 aromatic heterocycles. The Kier molecular flexibility index (Phi) is 5.34. The number of hydrogen-bond acceptors (Lipinski definition) is 2. The van der Waals surface area contributed by atoms with Crippen LogP contribution in [0.15, 0.2) is 42.6 Å². The molecule has 0 fully saturated rings. The zero-order valence-corrected chi connectivity index (χ0v) is 13.5. The van der Waals surface area contributed by atoms with Crippen molar-refractivity contribution in [1.29, 1.82) is 0 Å². The Morgan fingerprint density at radius 2 is 1.89 bits per heavy atom. The van der Waals surface area contributed by atoms with Gasteiger partial charge in [0.05, 0.1) is 0 Å². The number of nitrogens with one attached hydrogen (secondary N) is 1. The molecule has 19 heavy (non-hydrogen) atoms. The molecule has 0 aliphatic rings. The third-order valence-corrected chi connectivity index (χ3v) is 3.86. The molecule has 1 atom stereocenters. The lowest BCUT2D eigenvalue weighted by atomic mass is 10.00. The Morgan fingerprint density at radius 1 is 1.16 bits per heavy atom. The Morgan fingerprint density at radius 3 is 2.47 bits per heavy atom. The summed E-state index contributed by atoms with van der Waals surface area (Å²) in [6.07, 6.45) is 2.98. The molecular formula is C16H19IN2. The van der Waals surface area contributed by atoms with Crippen LogP contribution < -0.4 is 5.32 Å². The molecule has 0 spiro atoms. The Labute approximate surface area is 128 Å². The van der Waals surface area contributed by atoms with Gasteiger partial charge in [-0.2, -0.15) is 0 Å². The van der Waals surface area contributed by atoms with E-state index in [-0.39, 0.29) is 0 Å². The first-order valence-electron chi connectivity index (χ1n) is 6.59. The zero-order chi connectivity index (χ0) is 13.7. The van der Waals surface area contributed by atoms with Gasteiger partial charge in [0.1, 0.15) is 0 Å². The van der Waals surface area contributed by atoms with Gasteiger partial charge in [0.2, 0.25) is 0 Å². The molecule has 0 aliphatic heterocycles. The topological polar surface area (TPSA) is 24.9 Å². The quantitative estimate of drug-likeness (QED) is 0.813. The highest BCUT2D eigenvalue weighted by Crippen LogP contribution is 2.19. The van der Waals surface area contributed by atoms with E-state index < -0.39 is 0 Å². The fourth-order valence-electron chi connectivity index (χ4n) is 2.10. The van der Waals surface area contributed by atoms with Crippen molar-refractivity contribution in [3.05, 3.63) is 63.0 Å². The zero-order valence-electron chi connectivity index (χ0n) is 11.4. The summed E-state index contributed by atoms with van der Waals surface area (Å²) in [4.78, 5) is 4.40. The Balaban J connectivity index is 2.15. The second-order valence-electron chi connectivity index (χ2n) is 4.67. The van der Waals surface area contributed by atoms with E-state index in [4.69, 9.17) is 0 Å². The van der Waals surface area contributed by atoms with Gasteiger partial charge in [0.15, 0.2) is 0 Å². The van der Waals surface area contributed by atoms with Gasteiger partial charge in [0, 0.05) is 21.5 Å². The molecule has 2 rings (SSSR count). The number of hydrogen-bond donors (Lipinski definition) is 1. The van der Waals surface area contributed by atoms with Crippen molar-refractivity contribution in [2.24, 2.45) is 0 Å². The van der Waals surface area contributed by atoms with Gasteiger partial charge >= 0.3 is 0 Å². The second-order valence-corrected chi connectivity index (χ2v) is 5.92. The van der Waals surface area contributed by atoms with Crippen LogP contribution in [-0.2, 0) is 6.42 Å². The lowest BCUT2D eigenvalue weighted by Gasteiger charge is -2.18. The minimum absolute atomic E-state index is 0.332. The maximum atomic E-state index is 4.40. The molecule has 1 aromatic carbocycles. The van der Waals surface area contributed by atoms with Crippen LogP contribution in [0.4, 0.5) is 0 Å². The smallest absolute Gasteiger partial charge is 0.0376 e. The monoisotopic (exact) mass is 366 g/mol. The minimum atomic E-state index is 0.332. The molecule has 0 saturated carbocycles. The first-order chi connectivity index (χ1) is 9.19. The van der Waals surface area contributed by atoms with Crippen LogP contribution in [0.2, 0.25) is 0 Å². The van der Waals surface area contributed by atoms with Gasteiger partial charge < -0.3 is 5.32 Å². The maximum Gasteiger partial charge on any atom is 0.0376 e. The van der Waals surface area contributed by atoms with E-state index in [1.54, 1.807) is 0 Å². The van der Waals surface area contributed by atoms with Crippen LogP contribution in [0.3, 0.4) is 0 Å². The van der Waals surface area contributed by atoms with Crippen molar-refractivity contribution in [2.45, 2.75) is 26.3 Å². The van der Waals surface area contributed by atoms with E-state index in [2.05, 4.69) is 76.2 Å². The number of nitrogens with zero attached hydrogens (tertiary/aromatic N) is 1. The molecule has 100 valence electrons. The normalized spacial score (nSPS) is 12.4. The molecule has 0 aliphatic carbocycles.